The van der Waals surface area contributed by atoms with Crippen LogP contribution in [0.5, 0.6) is 5.75 Å². The lowest BCUT2D eigenvalue weighted by Crippen LogP contribution is -2.36. The molecule has 0 unspecified atom stereocenters. The maximum atomic E-state index is 12.7. The van der Waals surface area contributed by atoms with Crippen molar-refractivity contribution in [3.63, 3.8) is 0 Å². The first-order chi connectivity index (χ1) is 13.8. The van der Waals surface area contributed by atoms with Gasteiger partial charge in [0.2, 0.25) is 5.91 Å². The van der Waals surface area contributed by atoms with Crippen LogP contribution in [0.4, 0.5) is 10.5 Å². The summed E-state index contributed by atoms with van der Waals surface area (Å²) in [6.07, 6.45) is 1.61. The summed E-state index contributed by atoms with van der Waals surface area (Å²) in [5.74, 6) is -0.288. The molecule has 0 bridgehead atoms. The van der Waals surface area contributed by atoms with E-state index in [0.29, 0.717) is 17.0 Å². The number of halogens is 1. The first-order valence-corrected chi connectivity index (χ1v) is 10.4. The SMILES string of the molecule is COc1cc(Br)cc(/C=C2\SC(=O)N(CC(=O)Nc3c(C)cccc3C)C2=O)c1. The fraction of sp³-hybridized carbons (Fsp3) is 0.190. The van der Waals surface area contributed by atoms with Crippen LogP contribution in [0.2, 0.25) is 0 Å². The average Bonchev–Trinajstić information content (AvgIpc) is 2.91. The van der Waals surface area contributed by atoms with Gasteiger partial charge in [0.15, 0.2) is 0 Å². The van der Waals surface area contributed by atoms with Crippen LogP contribution in [0, 0.1) is 13.8 Å². The van der Waals surface area contributed by atoms with Crippen molar-refractivity contribution in [2.75, 3.05) is 19.0 Å². The summed E-state index contributed by atoms with van der Waals surface area (Å²) < 4.78 is 6.00. The number of rotatable bonds is 5. The van der Waals surface area contributed by atoms with Gasteiger partial charge in [-0.2, -0.15) is 0 Å². The molecule has 2 aromatic carbocycles. The molecule has 29 heavy (non-hydrogen) atoms. The van der Waals surface area contributed by atoms with E-state index in [-0.39, 0.29) is 11.4 Å². The van der Waals surface area contributed by atoms with Crippen molar-refractivity contribution in [3.8, 4) is 5.75 Å². The van der Waals surface area contributed by atoms with Crippen molar-refractivity contribution >= 4 is 56.5 Å². The predicted octanol–water partition coefficient (Wildman–Crippen LogP) is 4.75. The number of nitrogens with one attached hydrogen (secondary N) is 1. The van der Waals surface area contributed by atoms with Gasteiger partial charge >= 0.3 is 0 Å². The van der Waals surface area contributed by atoms with E-state index in [2.05, 4.69) is 21.2 Å². The molecular weight excluding hydrogens is 456 g/mol. The van der Waals surface area contributed by atoms with Crippen LogP contribution in [-0.4, -0.2) is 35.6 Å². The van der Waals surface area contributed by atoms with Crippen molar-refractivity contribution in [2.24, 2.45) is 0 Å². The van der Waals surface area contributed by atoms with E-state index in [1.807, 2.05) is 38.1 Å². The molecule has 150 valence electrons. The van der Waals surface area contributed by atoms with E-state index in [1.54, 1.807) is 25.3 Å². The van der Waals surface area contributed by atoms with Crippen LogP contribution in [-0.2, 0) is 9.59 Å². The third-order valence-electron chi connectivity index (χ3n) is 4.35. The van der Waals surface area contributed by atoms with Gasteiger partial charge in [-0.25, -0.2) is 0 Å². The third-order valence-corrected chi connectivity index (χ3v) is 5.71. The van der Waals surface area contributed by atoms with Gasteiger partial charge in [0.25, 0.3) is 11.1 Å². The van der Waals surface area contributed by atoms with Gasteiger partial charge in [0.1, 0.15) is 12.3 Å². The highest BCUT2D eigenvalue weighted by Gasteiger charge is 2.36. The van der Waals surface area contributed by atoms with Crippen molar-refractivity contribution in [1.29, 1.82) is 0 Å². The predicted molar refractivity (Wildman–Crippen MR) is 118 cm³/mol. The first-order valence-electron chi connectivity index (χ1n) is 8.74. The van der Waals surface area contributed by atoms with Crippen LogP contribution in [0.25, 0.3) is 6.08 Å². The number of imide groups is 1. The van der Waals surface area contributed by atoms with Gasteiger partial charge in [0, 0.05) is 10.2 Å². The molecule has 1 fully saturated rings. The van der Waals surface area contributed by atoms with E-state index < -0.39 is 17.1 Å². The minimum atomic E-state index is -0.490. The number of thioether (sulfide) groups is 1. The molecule has 0 radical (unpaired) electrons. The summed E-state index contributed by atoms with van der Waals surface area (Å²) in [6.45, 7) is 3.44. The highest BCUT2D eigenvalue weighted by atomic mass is 79.9. The Morgan fingerprint density at radius 1 is 1.21 bits per heavy atom. The van der Waals surface area contributed by atoms with Crippen LogP contribution in [0.1, 0.15) is 16.7 Å². The summed E-state index contributed by atoms with van der Waals surface area (Å²) in [6, 6.07) is 11.0. The maximum absolute atomic E-state index is 12.7. The number of methoxy groups -OCH3 is 1. The average molecular weight is 475 g/mol. The standard InChI is InChI=1S/C21H19BrN2O4S/c1-12-5-4-6-13(2)19(12)23-18(25)11-24-20(26)17(29-21(24)27)9-14-7-15(22)10-16(8-14)28-3/h4-10H,11H2,1-3H3,(H,23,25)/b17-9-. The Labute approximate surface area is 181 Å². The Hall–Kier alpha value is -2.58. The Kier molecular flexibility index (Phi) is 6.44. The van der Waals surface area contributed by atoms with Crippen molar-refractivity contribution < 1.29 is 19.1 Å². The summed E-state index contributed by atoms with van der Waals surface area (Å²) in [5, 5.41) is 2.32. The van der Waals surface area contributed by atoms with Gasteiger partial charge in [-0.05, 0) is 66.6 Å². The Morgan fingerprint density at radius 3 is 2.55 bits per heavy atom. The lowest BCUT2D eigenvalue weighted by atomic mass is 10.1. The second kappa shape index (κ2) is 8.84. The van der Waals surface area contributed by atoms with Crippen LogP contribution in [0.3, 0.4) is 0 Å². The molecule has 0 aliphatic carbocycles. The number of aryl methyl sites for hydroxylation is 2. The molecule has 1 saturated heterocycles. The van der Waals surface area contributed by atoms with Gasteiger partial charge in [-0.3, -0.25) is 19.3 Å². The topological polar surface area (TPSA) is 75.7 Å². The Bertz CT molecular complexity index is 1020. The van der Waals surface area contributed by atoms with Crippen molar-refractivity contribution in [2.45, 2.75) is 13.8 Å². The number of carbonyl (C=O) groups excluding carboxylic acids is 3. The molecular formula is C21H19BrN2O4S. The van der Waals surface area contributed by atoms with E-state index in [0.717, 1.165) is 32.3 Å². The number of amides is 3. The molecule has 0 spiro atoms. The van der Waals surface area contributed by atoms with E-state index >= 15 is 0 Å². The molecule has 1 N–H and O–H groups in total. The number of benzene rings is 2. The van der Waals surface area contributed by atoms with E-state index in [9.17, 15) is 14.4 Å². The fourth-order valence-electron chi connectivity index (χ4n) is 2.91. The molecule has 2 aromatic rings. The molecule has 0 saturated carbocycles. The fourth-order valence-corrected chi connectivity index (χ4v) is 4.24. The summed E-state index contributed by atoms with van der Waals surface area (Å²) in [5.41, 5.74) is 3.23. The van der Waals surface area contributed by atoms with Gasteiger partial charge in [-0.1, -0.05) is 34.1 Å². The summed E-state index contributed by atoms with van der Waals surface area (Å²) in [4.78, 5) is 38.6. The second-order valence-corrected chi connectivity index (χ2v) is 8.42. The van der Waals surface area contributed by atoms with Gasteiger partial charge in [-0.15, -0.1) is 0 Å². The first kappa shape index (κ1) is 21.1. The number of para-hydroxylation sites is 1. The molecule has 1 aliphatic heterocycles. The molecule has 1 heterocycles. The smallest absolute Gasteiger partial charge is 0.294 e. The Morgan fingerprint density at radius 2 is 1.90 bits per heavy atom. The molecule has 8 heteroatoms. The molecule has 0 aromatic heterocycles. The van der Waals surface area contributed by atoms with E-state index in [4.69, 9.17) is 4.74 Å². The minimum Gasteiger partial charge on any atom is -0.497 e. The molecule has 6 nitrogen and oxygen atoms in total. The number of hydrogen-bond acceptors (Lipinski definition) is 5. The summed E-state index contributed by atoms with van der Waals surface area (Å²) in [7, 11) is 1.55. The summed E-state index contributed by atoms with van der Waals surface area (Å²) >= 11 is 4.20. The van der Waals surface area contributed by atoms with Crippen LogP contribution in [0.15, 0.2) is 45.8 Å². The van der Waals surface area contributed by atoms with Crippen molar-refractivity contribution in [3.05, 3.63) is 62.5 Å². The lowest BCUT2D eigenvalue weighted by molar-refractivity contribution is -0.127. The normalized spacial score (nSPS) is 15.2. The quantitative estimate of drug-likeness (QED) is 0.632. The second-order valence-electron chi connectivity index (χ2n) is 6.51. The largest absolute Gasteiger partial charge is 0.497 e. The maximum Gasteiger partial charge on any atom is 0.294 e. The van der Waals surface area contributed by atoms with Crippen LogP contribution < -0.4 is 10.1 Å². The van der Waals surface area contributed by atoms with Crippen LogP contribution >= 0.6 is 27.7 Å². The zero-order chi connectivity index (χ0) is 21.1. The molecule has 3 amide bonds. The van der Waals surface area contributed by atoms with Gasteiger partial charge < -0.3 is 10.1 Å². The number of hydrogen-bond donors (Lipinski definition) is 1. The lowest BCUT2D eigenvalue weighted by Gasteiger charge is -2.15. The Balaban J connectivity index is 1.75. The zero-order valence-corrected chi connectivity index (χ0v) is 18.5. The van der Waals surface area contributed by atoms with E-state index in [1.165, 1.54) is 0 Å². The van der Waals surface area contributed by atoms with Gasteiger partial charge in [0.05, 0.1) is 12.0 Å². The molecule has 1 aliphatic rings. The number of carbonyl (C=O) groups is 3. The number of ether oxygens (including phenoxy) is 1. The molecule has 0 atom stereocenters. The minimum absolute atomic E-state index is 0.259. The number of nitrogens with zero attached hydrogens (tertiary/aromatic N) is 1. The third kappa shape index (κ3) is 4.89. The monoisotopic (exact) mass is 474 g/mol. The zero-order valence-electron chi connectivity index (χ0n) is 16.1. The van der Waals surface area contributed by atoms with Crippen molar-refractivity contribution in [1.82, 2.24) is 4.90 Å². The highest BCUT2D eigenvalue weighted by molar-refractivity contribution is 9.10. The highest BCUT2D eigenvalue weighted by Crippen LogP contribution is 2.33. The molecule has 3 rings (SSSR count). The number of anilines is 1.